The van der Waals surface area contributed by atoms with Gasteiger partial charge in [-0.15, -0.1) is 6.58 Å². The van der Waals surface area contributed by atoms with Crippen molar-refractivity contribution >= 4 is 0 Å². The van der Waals surface area contributed by atoms with Crippen LogP contribution in [0.5, 0.6) is 0 Å². The van der Waals surface area contributed by atoms with Gasteiger partial charge in [-0.25, -0.2) is 0 Å². The minimum atomic E-state index is 0.371. The molecule has 1 unspecified atom stereocenters. The van der Waals surface area contributed by atoms with E-state index in [-0.39, 0.29) is 0 Å². The molecule has 2 nitrogen and oxygen atoms in total. The van der Waals surface area contributed by atoms with Crippen molar-refractivity contribution in [3.05, 3.63) is 42.7 Å². The van der Waals surface area contributed by atoms with Gasteiger partial charge in [0.25, 0.3) is 0 Å². The highest BCUT2D eigenvalue weighted by molar-refractivity contribution is 5.08. The summed E-state index contributed by atoms with van der Waals surface area (Å²) in [6.07, 6.45) is 7.15. The second-order valence-corrected chi connectivity index (χ2v) is 3.32. The maximum atomic E-state index is 4.34. The Labute approximate surface area is 86.1 Å². The van der Waals surface area contributed by atoms with Gasteiger partial charge in [-0.1, -0.05) is 12.1 Å². The highest BCUT2D eigenvalue weighted by atomic mass is 14.9. The smallest absolute Gasteiger partial charge is 0.0573 e. The molecule has 0 radical (unpaired) electrons. The summed E-state index contributed by atoms with van der Waals surface area (Å²) >= 11 is 0. The Balaban J connectivity index is 2.50. The van der Waals surface area contributed by atoms with Gasteiger partial charge in [0.15, 0.2) is 0 Å². The number of hydrogen-bond donors (Lipinski definition) is 1. The second kappa shape index (κ2) is 6.33. The lowest BCUT2D eigenvalue weighted by atomic mass is 10.1. The molecule has 1 heterocycles. The normalized spacial score (nSPS) is 12.4. The lowest BCUT2D eigenvalue weighted by molar-refractivity contribution is 0.518. The highest BCUT2D eigenvalue weighted by Gasteiger charge is 2.08. The monoisotopic (exact) mass is 190 g/mol. The number of hydrogen-bond acceptors (Lipinski definition) is 2. The zero-order chi connectivity index (χ0) is 10.2. The first-order valence-corrected chi connectivity index (χ1v) is 5.07. The van der Waals surface area contributed by atoms with Crippen molar-refractivity contribution in [2.24, 2.45) is 0 Å². The van der Waals surface area contributed by atoms with Crippen molar-refractivity contribution in [2.75, 3.05) is 7.05 Å². The van der Waals surface area contributed by atoms with Crippen LogP contribution in [-0.2, 0) is 0 Å². The minimum Gasteiger partial charge on any atom is -0.312 e. The Bertz CT molecular complexity index is 256. The standard InChI is InChI=1S/C12H18N2/c1-3-4-5-8-11(13-2)12-9-6-7-10-14-12/h3,6-7,9-11,13H,1,4-5,8H2,2H3. The van der Waals surface area contributed by atoms with Crippen LogP contribution < -0.4 is 5.32 Å². The molecule has 1 rings (SSSR count). The zero-order valence-electron chi connectivity index (χ0n) is 8.74. The molecule has 0 saturated carbocycles. The minimum absolute atomic E-state index is 0.371. The van der Waals surface area contributed by atoms with Crippen molar-refractivity contribution in [1.29, 1.82) is 0 Å². The zero-order valence-corrected chi connectivity index (χ0v) is 8.74. The third kappa shape index (κ3) is 3.30. The first-order valence-electron chi connectivity index (χ1n) is 5.07. The van der Waals surface area contributed by atoms with Crippen LogP contribution in [0.15, 0.2) is 37.1 Å². The number of allylic oxidation sites excluding steroid dienone is 1. The van der Waals surface area contributed by atoms with Crippen molar-refractivity contribution < 1.29 is 0 Å². The number of rotatable bonds is 6. The first-order chi connectivity index (χ1) is 6.88. The van der Waals surface area contributed by atoms with Crippen LogP contribution in [0.25, 0.3) is 0 Å². The van der Waals surface area contributed by atoms with E-state index in [1.165, 1.54) is 0 Å². The molecule has 0 spiro atoms. The average Bonchev–Trinajstić information content (AvgIpc) is 2.26. The lowest BCUT2D eigenvalue weighted by Gasteiger charge is -2.14. The van der Waals surface area contributed by atoms with E-state index in [0.29, 0.717) is 6.04 Å². The summed E-state index contributed by atoms with van der Waals surface area (Å²) in [6, 6.07) is 6.41. The number of nitrogens with one attached hydrogen (secondary N) is 1. The van der Waals surface area contributed by atoms with Crippen LogP contribution in [0.1, 0.15) is 31.0 Å². The number of nitrogens with zero attached hydrogens (tertiary/aromatic N) is 1. The Morgan fingerprint density at radius 2 is 2.43 bits per heavy atom. The number of aromatic nitrogens is 1. The summed E-state index contributed by atoms with van der Waals surface area (Å²) in [4.78, 5) is 4.34. The Hall–Kier alpha value is -1.15. The molecule has 1 atom stereocenters. The molecule has 1 N–H and O–H groups in total. The van der Waals surface area contributed by atoms with Crippen molar-refractivity contribution in [1.82, 2.24) is 10.3 Å². The molecule has 2 heteroatoms. The predicted molar refractivity (Wildman–Crippen MR) is 60.1 cm³/mol. The second-order valence-electron chi connectivity index (χ2n) is 3.32. The Morgan fingerprint density at radius 3 is 3.00 bits per heavy atom. The van der Waals surface area contributed by atoms with Gasteiger partial charge < -0.3 is 5.32 Å². The van der Waals surface area contributed by atoms with Crippen molar-refractivity contribution in [2.45, 2.75) is 25.3 Å². The molecule has 0 aliphatic rings. The van der Waals surface area contributed by atoms with E-state index in [4.69, 9.17) is 0 Å². The third-order valence-corrected chi connectivity index (χ3v) is 2.29. The van der Waals surface area contributed by atoms with Gasteiger partial charge >= 0.3 is 0 Å². The molecule has 0 fully saturated rings. The van der Waals surface area contributed by atoms with Gasteiger partial charge in [0.1, 0.15) is 0 Å². The van der Waals surface area contributed by atoms with Gasteiger partial charge in [-0.3, -0.25) is 4.98 Å². The molecular formula is C12H18N2. The molecule has 1 aromatic rings. The van der Waals surface area contributed by atoms with Crippen LogP contribution in [0.3, 0.4) is 0 Å². The summed E-state index contributed by atoms with van der Waals surface area (Å²) in [6.45, 7) is 3.72. The first kappa shape index (κ1) is 10.9. The Morgan fingerprint density at radius 1 is 1.57 bits per heavy atom. The van der Waals surface area contributed by atoms with Crippen molar-refractivity contribution in [3.63, 3.8) is 0 Å². The summed E-state index contributed by atoms with van der Waals surface area (Å²) in [5.74, 6) is 0. The van der Waals surface area contributed by atoms with Crippen LogP contribution in [0.4, 0.5) is 0 Å². The SMILES string of the molecule is C=CCCCC(NC)c1ccccn1. The predicted octanol–water partition coefficient (Wildman–Crippen LogP) is 2.70. The molecule has 0 aliphatic carbocycles. The fourth-order valence-electron chi connectivity index (χ4n) is 1.49. The molecule has 76 valence electrons. The number of pyridine rings is 1. The van der Waals surface area contributed by atoms with Gasteiger partial charge in [0.05, 0.1) is 5.69 Å². The van der Waals surface area contributed by atoms with Gasteiger partial charge in [0.2, 0.25) is 0 Å². The quantitative estimate of drug-likeness (QED) is 0.551. The van der Waals surface area contributed by atoms with E-state index >= 15 is 0 Å². The average molecular weight is 190 g/mol. The topological polar surface area (TPSA) is 24.9 Å². The molecule has 0 aliphatic heterocycles. The molecule has 0 bridgehead atoms. The maximum absolute atomic E-state index is 4.34. The van der Waals surface area contributed by atoms with Crippen molar-refractivity contribution in [3.8, 4) is 0 Å². The van der Waals surface area contributed by atoms with E-state index in [9.17, 15) is 0 Å². The van der Waals surface area contributed by atoms with E-state index in [1.807, 2.05) is 31.5 Å². The Kier molecular flexibility index (Phi) is 4.94. The van der Waals surface area contributed by atoms with E-state index in [2.05, 4.69) is 22.9 Å². The van der Waals surface area contributed by atoms with Crippen LogP contribution in [0, 0.1) is 0 Å². The summed E-state index contributed by atoms with van der Waals surface area (Å²) in [5, 5.41) is 3.28. The molecule has 1 aromatic heterocycles. The fourth-order valence-corrected chi connectivity index (χ4v) is 1.49. The van der Waals surface area contributed by atoms with Gasteiger partial charge in [-0.05, 0) is 38.4 Å². The largest absolute Gasteiger partial charge is 0.312 e. The molecule has 0 aromatic carbocycles. The van der Waals surface area contributed by atoms with E-state index in [0.717, 1.165) is 25.0 Å². The third-order valence-electron chi connectivity index (χ3n) is 2.29. The van der Waals surface area contributed by atoms with Crippen LogP contribution in [-0.4, -0.2) is 12.0 Å². The molecule has 0 amide bonds. The maximum Gasteiger partial charge on any atom is 0.0573 e. The van der Waals surface area contributed by atoms with Crippen LogP contribution >= 0.6 is 0 Å². The van der Waals surface area contributed by atoms with Crippen LogP contribution in [0.2, 0.25) is 0 Å². The lowest BCUT2D eigenvalue weighted by Crippen LogP contribution is -2.17. The number of unbranched alkanes of at least 4 members (excludes halogenated alkanes) is 1. The van der Waals surface area contributed by atoms with Gasteiger partial charge in [0, 0.05) is 12.2 Å². The van der Waals surface area contributed by atoms with Gasteiger partial charge in [-0.2, -0.15) is 0 Å². The fraction of sp³-hybridized carbons (Fsp3) is 0.417. The van der Waals surface area contributed by atoms with E-state index < -0.39 is 0 Å². The highest BCUT2D eigenvalue weighted by Crippen LogP contribution is 2.16. The molecule has 0 saturated heterocycles. The summed E-state index contributed by atoms with van der Waals surface area (Å²) < 4.78 is 0. The summed E-state index contributed by atoms with van der Waals surface area (Å²) in [7, 11) is 1.98. The summed E-state index contributed by atoms with van der Waals surface area (Å²) in [5.41, 5.74) is 1.12. The molecular weight excluding hydrogens is 172 g/mol. The molecule has 14 heavy (non-hydrogen) atoms. The van der Waals surface area contributed by atoms with E-state index in [1.54, 1.807) is 0 Å².